The highest BCUT2D eigenvalue weighted by molar-refractivity contribution is 6.80. The van der Waals surface area contributed by atoms with Crippen LogP contribution in [0.2, 0.25) is 17.1 Å². The van der Waals surface area contributed by atoms with Gasteiger partial charge in [0.05, 0.1) is 0 Å². The fourth-order valence-electron chi connectivity index (χ4n) is 2.58. The van der Waals surface area contributed by atoms with E-state index in [0.717, 1.165) is 11.1 Å². The second kappa shape index (κ2) is 5.81. The van der Waals surface area contributed by atoms with Crippen molar-refractivity contribution in [1.82, 2.24) is 4.98 Å². The van der Waals surface area contributed by atoms with E-state index >= 15 is 0 Å². The molecule has 2 atom stereocenters. The van der Waals surface area contributed by atoms with Crippen LogP contribution in [0.3, 0.4) is 0 Å². The van der Waals surface area contributed by atoms with E-state index in [1.54, 1.807) is 0 Å². The highest BCUT2D eigenvalue weighted by atomic mass is 28.3. The van der Waals surface area contributed by atoms with Crippen LogP contribution in [0.15, 0.2) is 0 Å². The second-order valence-corrected chi connectivity index (χ2v) is 9.52. The van der Waals surface area contributed by atoms with Gasteiger partial charge in [0.2, 0.25) is 0 Å². The van der Waals surface area contributed by atoms with Crippen molar-refractivity contribution in [3.05, 3.63) is 0 Å². The molecule has 0 saturated carbocycles. The smallest absolute Gasteiger partial charge is 0.130 e. The summed E-state index contributed by atoms with van der Waals surface area (Å²) in [5.41, 5.74) is 1.80. The Labute approximate surface area is 85.4 Å². The zero-order valence-electron chi connectivity index (χ0n) is 10.3. The molecule has 0 aliphatic carbocycles. The summed E-state index contributed by atoms with van der Waals surface area (Å²) in [6.07, 6.45) is 2.65. The summed E-state index contributed by atoms with van der Waals surface area (Å²) < 4.78 is 0. The van der Waals surface area contributed by atoms with Crippen LogP contribution in [0.1, 0.15) is 47.5 Å². The molecule has 0 aliphatic heterocycles. The van der Waals surface area contributed by atoms with Crippen LogP contribution < -0.4 is 4.98 Å². The fourth-order valence-corrected chi connectivity index (χ4v) is 7.74. The molecule has 0 saturated heterocycles. The maximum absolute atomic E-state index is 3.71. The Balaban J connectivity index is 4.67. The van der Waals surface area contributed by atoms with E-state index in [9.17, 15) is 0 Å². The Kier molecular flexibility index (Phi) is 5.89. The van der Waals surface area contributed by atoms with Crippen molar-refractivity contribution in [1.29, 1.82) is 0 Å². The third kappa shape index (κ3) is 2.56. The third-order valence-electron chi connectivity index (χ3n) is 4.03. The minimum Gasteiger partial charge on any atom is -0.339 e. The van der Waals surface area contributed by atoms with Gasteiger partial charge in [0.1, 0.15) is 8.24 Å². The highest BCUT2D eigenvalue weighted by Gasteiger charge is 2.39. The molecule has 0 aliphatic rings. The van der Waals surface area contributed by atoms with E-state index in [0.29, 0.717) is 0 Å². The van der Waals surface area contributed by atoms with Gasteiger partial charge in [-0.05, 0) is 24.2 Å². The van der Waals surface area contributed by atoms with Gasteiger partial charge in [0.25, 0.3) is 0 Å². The topological polar surface area (TPSA) is 12.0 Å². The lowest BCUT2D eigenvalue weighted by atomic mass is 10.3. The predicted octanol–water partition coefficient (Wildman–Crippen LogP) is 3.77. The molecule has 0 amide bonds. The van der Waals surface area contributed by atoms with Gasteiger partial charge in [0, 0.05) is 0 Å². The van der Waals surface area contributed by atoms with Crippen LogP contribution in [0.25, 0.3) is 0 Å². The number of rotatable bonds is 6. The predicted molar refractivity (Wildman–Crippen MR) is 64.7 cm³/mol. The van der Waals surface area contributed by atoms with Gasteiger partial charge >= 0.3 is 0 Å². The quantitative estimate of drug-likeness (QED) is 0.645. The summed E-state index contributed by atoms with van der Waals surface area (Å²) in [5, 5.41) is 0. The first kappa shape index (κ1) is 13.2. The first-order chi connectivity index (χ1) is 6.08. The largest absolute Gasteiger partial charge is 0.339 e. The van der Waals surface area contributed by atoms with Crippen molar-refractivity contribution in [3.63, 3.8) is 0 Å². The van der Waals surface area contributed by atoms with Crippen LogP contribution in [0.5, 0.6) is 0 Å². The second-order valence-electron chi connectivity index (χ2n) is 4.26. The Morgan fingerprint density at radius 3 is 1.54 bits per heavy atom. The molecule has 1 nitrogen and oxygen atoms in total. The van der Waals surface area contributed by atoms with Gasteiger partial charge < -0.3 is 4.98 Å². The van der Waals surface area contributed by atoms with Gasteiger partial charge in [-0.3, -0.25) is 0 Å². The van der Waals surface area contributed by atoms with E-state index < -0.39 is 8.24 Å². The molecule has 0 rings (SSSR count). The molecule has 2 heteroatoms. The van der Waals surface area contributed by atoms with Gasteiger partial charge in [-0.15, -0.1) is 0 Å². The molecule has 0 fully saturated rings. The highest BCUT2D eigenvalue weighted by Crippen LogP contribution is 2.37. The molecule has 0 aromatic carbocycles. The summed E-state index contributed by atoms with van der Waals surface area (Å²) >= 11 is 0. The maximum Gasteiger partial charge on any atom is 0.130 e. The number of nitrogens with one attached hydrogen (secondary N) is 1. The summed E-state index contributed by atoms with van der Waals surface area (Å²) in [4.78, 5) is 3.71. The standard InChI is InChI=1S/C11H27NSi/c1-7-10(4)13(9-3,12-6)11(5)8-2/h10-12H,7-9H2,1-6H3. The molecule has 0 spiro atoms. The van der Waals surface area contributed by atoms with Crippen molar-refractivity contribution in [2.75, 3.05) is 7.05 Å². The maximum atomic E-state index is 3.71. The van der Waals surface area contributed by atoms with E-state index in [1.165, 1.54) is 18.9 Å². The van der Waals surface area contributed by atoms with Crippen LogP contribution >= 0.6 is 0 Å². The molecular weight excluding hydrogens is 174 g/mol. The lowest BCUT2D eigenvalue weighted by molar-refractivity contribution is 0.716. The molecular formula is C11H27NSi. The Hall–Kier alpha value is 0.177. The minimum absolute atomic E-state index is 0.900. The SMILES string of the molecule is CCC(C)[Si](CC)(NC)C(C)CC. The average molecular weight is 201 g/mol. The fraction of sp³-hybridized carbons (Fsp3) is 1.00. The zero-order chi connectivity index (χ0) is 10.5. The first-order valence-electron chi connectivity index (χ1n) is 5.77. The minimum atomic E-state index is -1.20. The van der Waals surface area contributed by atoms with Crippen molar-refractivity contribution >= 4 is 8.24 Å². The van der Waals surface area contributed by atoms with Crippen molar-refractivity contribution in [2.45, 2.75) is 64.6 Å². The van der Waals surface area contributed by atoms with E-state index in [2.05, 4.69) is 46.6 Å². The molecule has 0 heterocycles. The summed E-state index contributed by atoms with van der Waals surface area (Å²) in [6.45, 7) is 11.9. The first-order valence-corrected chi connectivity index (χ1v) is 8.14. The third-order valence-corrected chi connectivity index (χ3v) is 10.5. The molecule has 0 aromatic heterocycles. The van der Waals surface area contributed by atoms with Gasteiger partial charge in [0.15, 0.2) is 0 Å². The molecule has 80 valence electrons. The van der Waals surface area contributed by atoms with E-state index in [1.807, 2.05) is 0 Å². The number of hydrogen-bond donors (Lipinski definition) is 1. The summed E-state index contributed by atoms with van der Waals surface area (Å²) in [7, 11) is 0.974. The molecule has 1 N–H and O–H groups in total. The molecule has 0 aromatic rings. The molecule has 0 bridgehead atoms. The van der Waals surface area contributed by atoms with Crippen molar-refractivity contribution in [3.8, 4) is 0 Å². The van der Waals surface area contributed by atoms with Crippen LogP contribution in [0, 0.1) is 0 Å². The van der Waals surface area contributed by atoms with E-state index in [-0.39, 0.29) is 0 Å². The van der Waals surface area contributed by atoms with Crippen LogP contribution in [-0.2, 0) is 0 Å². The van der Waals surface area contributed by atoms with Gasteiger partial charge in [-0.1, -0.05) is 47.5 Å². The van der Waals surface area contributed by atoms with Crippen LogP contribution in [0.4, 0.5) is 0 Å². The van der Waals surface area contributed by atoms with Gasteiger partial charge in [-0.2, -0.15) is 0 Å². The summed E-state index contributed by atoms with van der Waals surface area (Å²) in [6, 6.07) is 1.37. The lowest BCUT2D eigenvalue weighted by Crippen LogP contribution is -2.54. The Morgan fingerprint density at radius 1 is 1.00 bits per heavy atom. The monoisotopic (exact) mass is 201 g/mol. The Morgan fingerprint density at radius 2 is 1.38 bits per heavy atom. The average Bonchev–Trinajstić information content (AvgIpc) is 2.19. The Bertz CT molecular complexity index is 120. The normalized spacial score (nSPS) is 20.8. The molecule has 0 radical (unpaired) electrons. The van der Waals surface area contributed by atoms with Gasteiger partial charge in [-0.25, -0.2) is 0 Å². The van der Waals surface area contributed by atoms with Crippen LogP contribution in [-0.4, -0.2) is 15.3 Å². The van der Waals surface area contributed by atoms with E-state index in [4.69, 9.17) is 0 Å². The molecule has 2 unspecified atom stereocenters. The van der Waals surface area contributed by atoms with Crippen molar-refractivity contribution in [2.24, 2.45) is 0 Å². The molecule has 13 heavy (non-hydrogen) atoms. The number of hydrogen-bond acceptors (Lipinski definition) is 1. The lowest BCUT2D eigenvalue weighted by Gasteiger charge is -2.40. The van der Waals surface area contributed by atoms with Crippen molar-refractivity contribution < 1.29 is 0 Å². The summed E-state index contributed by atoms with van der Waals surface area (Å²) in [5.74, 6) is 0. The zero-order valence-corrected chi connectivity index (χ0v) is 11.3.